The summed E-state index contributed by atoms with van der Waals surface area (Å²) in [5.74, 6) is -0.452. The van der Waals surface area contributed by atoms with Crippen molar-refractivity contribution < 1.29 is 21.9 Å². The minimum atomic E-state index is -4.31. The first-order valence-corrected chi connectivity index (χ1v) is 6.34. The lowest BCUT2D eigenvalue weighted by Crippen LogP contribution is -2.04. The lowest BCUT2D eigenvalue weighted by Gasteiger charge is -2.09. The Morgan fingerprint density at radius 2 is 2.18 bits per heavy atom. The van der Waals surface area contributed by atoms with Gasteiger partial charge >= 0.3 is 0 Å². The van der Waals surface area contributed by atoms with Gasteiger partial charge in [0.15, 0.2) is 11.4 Å². The van der Waals surface area contributed by atoms with Crippen LogP contribution in [0.5, 0.6) is 5.75 Å². The Hall–Kier alpha value is -1.46. The summed E-state index contributed by atoms with van der Waals surface area (Å²) in [6.07, 6.45) is -3.02. The Kier molecular flexibility index (Phi) is 3.85. The Balaban J connectivity index is 3.68. The van der Waals surface area contributed by atoms with E-state index in [9.17, 15) is 17.2 Å². The molecule has 0 aliphatic rings. The van der Waals surface area contributed by atoms with Crippen LogP contribution in [0.3, 0.4) is 0 Å². The second-order valence-corrected chi connectivity index (χ2v) is 5.31. The molecule has 1 aromatic heterocycles. The molecule has 92 valence electrons. The molecule has 0 saturated carbocycles. The average molecular weight is 283 g/mol. The quantitative estimate of drug-likeness (QED) is 0.790. The minimum Gasteiger partial charge on any atom is -0.492 e. The molecule has 1 rings (SSSR count). The van der Waals surface area contributed by atoms with Crippen molar-refractivity contribution in [1.29, 1.82) is 5.26 Å². The van der Waals surface area contributed by atoms with Crippen LogP contribution >= 0.6 is 10.7 Å². The van der Waals surface area contributed by atoms with Gasteiger partial charge in [-0.1, -0.05) is 0 Å². The van der Waals surface area contributed by atoms with E-state index in [1.807, 2.05) is 0 Å². The summed E-state index contributed by atoms with van der Waals surface area (Å²) >= 11 is 0. The van der Waals surface area contributed by atoms with Gasteiger partial charge in [0.25, 0.3) is 15.5 Å². The molecule has 0 bridgehead atoms. The number of alkyl halides is 2. The second-order valence-electron chi connectivity index (χ2n) is 2.78. The highest BCUT2D eigenvalue weighted by Gasteiger charge is 2.25. The topological polar surface area (TPSA) is 80.1 Å². The summed E-state index contributed by atoms with van der Waals surface area (Å²) in [7, 11) is 1.82. The summed E-state index contributed by atoms with van der Waals surface area (Å²) in [4.78, 5) is 2.57. The first kappa shape index (κ1) is 13.6. The molecule has 0 amide bonds. The molecule has 0 unspecified atom stereocenters. The zero-order valence-corrected chi connectivity index (χ0v) is 9.89. The first-order chi connectivity index (χ1) is 7.81. The van der Waals surface area contributed by atoms with Crippen molar-refractivity contribution >= 4 is 19.7 Å². The van der Waals surface area contributed by atoms with Crippen molar-refractivity contribution in [2.24, 2.45) is 0 Å². The van der Waals surface area contributed by atoms with Crippen molar-refractivity contribution in [3.05, 3.63) is 17.5 Å². The second kappa shape index (κ2) is 4.81. The Labute approximate surface area is 100 Å². The molecule has 0 fully saturated rings. The highest BCUT2D eigenvalue weighted by molar-refractivity contribution is 8.13. The number of rotatable bonds is 3. The van der Waals surface area contributed by atoms with Crippen molar-refractivity contribution in [1.82, 2.24) is 4.98 Å². The van der Waals surface area contributed by atoms with E-state index < -0.39 is 37.5 Å². The third kappa shape index (κ3) is 2.81. The molecule has 0 aliphatic carbocycles. The van der Waals surface area contributed by atoms with Crippen LogP contribution in [0.1, 0.15) is 17.8 Å². The van der Waals surface area contributed by atoms with Gasteiger partial charge in [0, 0.05) is 10.7 Å². The minimum absolute atomic E-state index is 0.452. The lowest BCUT2D eigenvalue weighted by atomic mass is 10.3. The Morgan fingerprint density at radius 3 is 2.53 bits per heavy atom. The SMILES string of the molecule is COc1c(S(=O)(=O)Cl)cc(C(F)F)nc1C#N. The number of hydrogen-bond donors (Lipinski definition) is 0. The monoisotopic (exact) mass is 282 g/mol. The predicted octanol–water partition coefficient (Wildman–Crippen LogP) is 1.83. The van der Waals surface area contributed by atoms with Crippen molar-refractivity contribution in [3.63, 3.8) is 0 Å². The first-order valence-electron chi connectivity index (χ1n) is 4.03. The maximum atomic E-state index is 12.4. The van der Waals surface area contributed by atoms with E-state index >= 15 is 0 Å². The number of halogens is 3. The molecule has 0 atom stereocenters. The van der Waals surface area contributed by atoms with Crippen molar-refractivity contribution in [3.8, 4) is 11.8 Å². The summed E-state index contributed by atoms with van der Waals surface area (Å²) in [6.45, 7) is 0. The van der Waals surface area contributed by atoms with Gasteiger partial charge in [0.2, 0.25) is 0 Å². The van der Waals surface area contributed by atoms with Gasteiger partial charge in [-0.2, -0.15) is 5.26 Å². The molecular formula is C8H5ClF2N2O3S. The van der Waals surface area contributed by atoms with Gasteiger partial charge in [-0.05, 0) is 6.07 Å². The maximum absolute atomic E-state index is 12.4. The molecule has 0 spiro atoms. The molecule has 0 radical (unpaired) electrons. The lowest BCUT2D eigenvalue weighted by molar-refractivity contribution is 0.145. The van der Waals surface area contributed by atoms with E-state index in [2.05, 4.69) is 9.72 Å². The number of methoxy groups -OCH3 is 1. The molecule has 5 nitrogen and oxygen atoms in total. The van der Waals surface area contributed by atoms with E-state index in [-0.39, 0.29) is 0 Å². The molecule has 1 heterocycles. The molecule has 0 N–H and O–H groups in total. The van der Waals surface area contributed by atoms with E-state index in [0.29, 0.717) is 6.07 Å². The number of nitrogens with zero attached hydrogens (tertiary/aromatic N) is 2. The van der Waals surface area contributed by atoms with Crippen molar-refractivity contribution in [2.75, 3.05) is 7.11 Å². The van der Waals surface area contributed by atoms with Gasteiger partial charge in [0.1, 0.15) is 16.7 Å². The van der Waals surface area contributed by atoms with E-state index in [1.54, 1.807) is 0 Å². The van der Waals surface area contributed by atoms with Crippen LogP contribution in [0.4, 0.5) is 8.78 Å². The molecule has 9 heteroatoms. The van der Waals surface area contributed by atoms with Gasteiger partial charge < -0.3 is 4.74 Å². The molecule has 17 heavy (non-hydrogen) atoms. The van der Waals surface area contributed by atoms with E-state index in [1.165, 1.54) is 6.07 Å². The van der Waals surface area contributed by atoms with Gasteiger partial charge in [-0.15, -0.1) is 0 Å². The predicted molar refractivity (Wildman–Crippen MR) is 53.5 cm³/mol. The number of nitriles is 1. The number of aromatic nitrogens is 1. The highest BCUT2D eigenvalue weighted by Crippen LogP contribution is 2.32. The summed E-state index contributed by atoms with van der Waals surface area (Å²) in [5, 5.41) is 8.67. The van der Waals surface area contributed by atoms with E-state index in [4.69, 9.17) is 15.9 Å². The van der Waals surface area contributed by atoms with Gasteiger partial charge in [-0.3, -0.25) is 0 Å². The van der Waals surface area contributed by atoms with Crippen LogP contribution in [-0.4, -0.2) is 20.5 Å². The zero-order chi connectivity index (χ0) is 13.2. The van der Waals surface area contributed by atoms with Crippen LogP contribution in [-0.2, 0) is 9.05 Å². The summed E-state index contributed by atoms with van der Waals surface area (Å²) < 4.78 is 51.8. The highest BCUT2D eigenvalue weighted by atomic mass is 35.7. The van der Waals surface area contributed by atoms with E-state index in [0.717, 1.165) is 7.11 Å². The fraction of sp³-hybridized carbons (Fsp3) is 0.250. The maximum Gasteiger partial charge on any atom is 0.280 e. The number of hydrogen-bond acceptors (Lipinski definition) is 5. The third-order valence-corrected chi connectivity index (χ3v) is 3.08. The molecule has 1 aromatic rings. The third-order valence-electron chi connectivity index (χ3n) is 1.76. The fourth-order valence-corrected chi connectivity index (χ4v) is 2.10. The standard InChI is InChI=1S/C8H5ClF2N2O3S/c1-16-7-5(3-12)13-4(8(10)11)2-6(7)17(9,14)15/h2,8H,1H3. The Morgan fingerprint density at radius 1 is 1.59 bits per heavy atom. The molecule has 0 saturated heterocycles. The fourth-order valence-electron chi connectivity index (χ4n) is 1.09. The van der Waals surface area contributed by atoms with Crippen LogP contribution in [0, 0.1) is 11.3 Å². The molecular weight excluding hydrogens is 278 g/mol. The average Bonchev–Trinajstić information content (AvgIpc) is 2.25. The Bertz CT molecular complexity index is 583. The number of pyridine rings is 1. The van der Waals surface area contributed by atoms with Gasteiger partial charge in [0.05, 0.1) is 7.11 Å². The summed E-state index contributed by atoms with van der Waals surface area (Å²) in [6, 6.07) is 2.04. The summed E-state index contributed by atoms with van der Waals surface area (Å²) in [5.41, 5.74) is -1.42. The van der Waals surface area contributed by atoms with Crippen LogP contribution in [0.25, 0.3) is 0 Å². The molecule has 0 aromatic carbocycles. The van der Waals surface area contributed by atoms with Gasteiger partial charge in [-0.25, -0.2) is 22.2 Å². The van der Waals surface area contributed by atoms with Crippen LogP contribution in [0.2, 0.25) is 0 Å². The zero-order valence-electron chi connectivity index (χ0n) is 8.32. The smallest absolute Gasteiger partial charge is 0.280 e. The largest absolute Gasteiger partial charge is 0.492 e. The van der Waals surface area contributed by atoms with Crippen molar-refractivity contribution in [2.45, 2.75) is 11.3 Å². The number of ether oxygens (including phenoxy) is 1. The molecule has 0 aliphatic heterocycles. The normalized spacial score (nSPS) is 11.3. The van der Waals surface area contributed by atoms with Crippen LogP contribution in [0.15, 0.2) is 11.0 Å². The van der Waals surface area contributed by atoms with Crippen LogP contribution < -0.4 is 4.74 Å².